The van der Waals surface area contributed by atoms with Gasteiger partial charge in [0.05, 0.1) is 11.5 Å². The summed E-state index contributed by atoms with van der Waals surface area (Å²) in [6.07, 6.45) is 9.66. The van der Waals surface area contributed by atoms with Crippen LogP contribution in [0.1, 0.15) is 92.9 Å². The van der Waals surface area contributed by atoms with Gasteiger partial charge in [0.15, 0.2) is 0 Å². The van der Waals surface area contributed by atoms with Gasteiger partial charge in [-0.05, 0) is 111 Å². The summed E-state index contributed by atoms with van der Waals surface area (Å²) >= 11 is 0. The molecule has 5 nitrogen and oxygen atoms in total. The Balaban J connectivity index is 1.99. The lowest BCUT2D eigenvalue weighted by Gasteiger charge is -2.56. The van der Waals surface area contributed by atoms with Crippen LogP contribution < -0.4 is 0 Å². The number of carboxylic acids is 2. The third-order valence-corrected chi connectivity index (χ3v) is 10.5. The summed E-state index contributed by atoms with van der Waals surface area (Å²) in [5, 5.41) is 30.1. The molecule has 200 valence electrons. The number of rotatable bonds is 10. The van der Waals surface area contributed by atoms with Gasteiger partial charge in [0.1, 0.15) is 0 Å². The number of aliphatic hydroxyl groups is 1. The Morgan fingerprint density at radius 3 is 2.28 bits per heavy atom. The molecule has 0 aromatic heterocycles. The van der Waals surface area contributed by atoms with Crippen LogP contribution >= 0.6 is 0 Å². The molecular weight excluding hydrogens is 452 g/mol. The van der Waals surface area contributed by atoms with Gasteiger partial charge in [-0.25, -0.2) is 0 Å². The number of allylic oxidation sites excluding steroid dienone is 5. The average Bonchev–Trinajstić information content (AvgIpc) is 3.03. The molecule has 0 unspecified atom stereocenters. The number of aliphatic carboxylic acids is 2. The van der Waals surface area contributed by atoms with E-state index in [-0.39, 0.29) is 34.5 Å². The number of carbonyl (C=O) groups is 2. The number of carboxylic acid groups (broad SMARTS) is 2. The third kappa shape index (κ3) is 4.64. The maximum atomic E-state index is 12.5. The Bertz CT molecular complexity index is 1010. The van der Waals surface area contributed by atoms with Crippen molar-refractivity contribution < 1.29 is 24.9 Å². The van der Waals surface area contributed by atoms with Gasteiger partial charge in [-0.3, -0.25) is 9.59 Å². The van der Waals surface area contributed by atoms with Crippen LogP contribution in [-0.4, -0.2) is 32.9 Å². The highest BCUT2D eigenvalue weighted by Crippen LogP contribution is 2.70. The first-order valence-corrected chi connectivity index (χ1v) is 13.4. The Hall–Kier alpha value is -2.14. The molecule has 1 fully saturated rings. The van der Waals surface area contributed by atoms with E-state index in [1.807, 2.05) is 6.92 Å². The first-order valence-electron chi connectivity index (χ1n) is 13.4. The van der Waals surface area contributed by atoms with Crippen molar-refractivity contribution in [2.45, 2.75) is 98.5 Å². The molecule has 0 aliphatic heterocycles. The molecular formula is C31H46O5. The van der Waals surface area contributed by atoms with Gasteiger partial charge in [0.25, 0.3) is 0 Å². The van der Waals surface area contributed by atoms with E-state index in [2.05, 4.69) is 46.1 Å². The molecule has 3 N–H and O–H groups in total. The van der Waals surface area contributed by atoms with Crippen molar-refractivity contribution >= 4 is 11.9 Å². The van der Waals surface area contributed by atoms with Crippen LogP contribution in [0.5, 0.6) is 0 Å². The summed E-state index contributed by atoms with van der Waals surface area (Å²) in [5.74, 6) is -1.85. The third-order valence-electron chi connectivity index (χ3n) is 10.5. The quantitative estimate of drug-likeness (QED) is 0.284. The molecule has 0 radical (unpaired) electrons. The molecule has 36 heavy (non-hydrogen) atoms. The minimum absolute atomic E-state index is 0.0115. The molecule has 3 aliphatic carbocycles. The van der Waals surface area contributed by atoms with E-state index in [0.29, 0.717) is 24.8 Å². The van der Waals surface area contributed by atoms with Crippen LogP contribution in [0, 0.1) is 34.0 Å². The predicted octanol–water partition coefficient (Wildman–Crippen LogP) is 6.94. The van der Waals surface area contributed by atoms with Crippen LogP contribution in [-0.2, 0) is 9.59 Å². The summed E-state index contributed by atoms with van der Waals surface area (Å²) in [4.78, 5) is 24.1. The van der Waals surface area contributed by atoms with E-state index < -0.39 is 23.5 Å². The minimum atomic E-state index is -1.02. The standard InChI is InChI=1S/C31H46O5/c1-19(2)22-11-12-25-24(29(22,6)16-15-26(32)33)14-18-30(7)23(13-17-31(25,30)8)21(27(34)35)10-9-20(3)28(4,5)36/h12,14,21-23,36H,1,3,9-11,13,15-18H2,2,4-8H3,(H,32,33)(H,34,35)/t21-,22+,23-,29+,30-,31+/m1/s1. The largest absolute Gasteiger partial charge is 0.481 e. The van der Waals surface area contributed by atoms with Crippen molar-refractivity contribution in [2.75, 3.05) is 0 Å². The first-order chi connectivity index (χ1) is 16.5. The van der Waals surface area contributed by atoms with Gasteiger partial charge in [-0.2, -0.15) is 0 Å². The summed E-state index contributed by atoms with van der Waals surface area (Å²) in [6, 6.07) is 0. The molecule has 0 saturated heterocycles. The van der Waals surface area contributed by atoms with Gasteiger partial charge in [-0.1, -0.05) is 51.7 Å². The van der Waals surface area contributed by atoms with Gasteiger partial charge >= 0.3 is 11.9 Å². The Morgan fingerprint density at radius 2 is 1.75 bits per heavy atom. The second-order valence-corrected chi connectivity index (χ2v) is 12.9. The van der Waals surface area contributed by atoms with Crippen molar-refractivity contribution in [3.8, 4) is 0 Å². The molecule has 0 heterocycles. The molecule has 0 amide bonds. The zero-order valence-corrected chi connectivity index (χ0v) is 23.1. The lowest BCUT2D eigenvalue weighted by Crippen LogP contribution is -2.48. The Morgan fingerprint density at radius 1 is 1.11 bits per heavy atom. The van der Waals surface area contributed by atoms with Gasteiger partial charge in [0.2, 0.25) is 0 Å². The molecule has 0 spiro atoms. The second kappa shape index (κ2) is 9.63. The Labute approximate surface area is 217 Å². The van der Waals surface area contributed by atoms with Crippen LogP contribution in [0.4, 0.5) is 0 Å². The molecule has 0 bridgehead atoms. The molecule has 5 heteroatoms. The maximum Gasteiger partial charge on any atom is 0.306 e. The summed E-state index contributed by atoms with van der Waals surface area (Å²) < 4.78 is 0. The van der Waals surface area contributed by atoms with Crippen molar-refractivity contribution in [2.24, 2.45) is 34.0 Å². The summed E-state index contributed by atoms with van der Waals surface area (Å²) in [7, 11) is 0. The van der Waals surface area contributed by atoms with Crippen LogP contribution in [0.2, 0.25) is 0 Å². The lowest BCUT2D eigenvalue weighted by molar-refractivity contribution is -0.146. The van der Waals surface area contributed by atoms with Crippen LogP contribution in [0.25, 0.3) is 0 Å². The fourth-order valence-electron chi connectivity index (χ4n) is 7.76. The van der Waals surface area contributed by atoms with Gasteiger partial charge in [0, 0.05) is 6.42 Å². The van der Waals surface area contributed by atoms with Crippen molar-refractivity contribution in [3.63, 3.8) is 0 Å². The van der Waals surface area contributed by atoms with Crippen molar-refractivity contribution in [1.82, 2.24) is 0 Å². The molecule has 3 aliphatic rings. The van der Waals surface area contributed by atoms with E-state index in [1.54, 1.807) is 13.8 Å². The molecule has 1 saturated carbocycles. The smallest absolute Gasteiger partial charge is 0.306 e. The predicted molar refractivity (Wildman–Crippen MR) is 143 cm³/mol. The number of fused-ring (bicyclic) bond motifs is 3. The number of hydrogen-bond donors (Lipinski definition) is 3. The molecule has 0 aromatic carbocycles. The van der Waals surface area contributed by atoms with E-state index in [4.69, 9.17) is 0 Å². The number of hydrogen-bond acceptors (Lipinski definition) is 3. The van der Waals surface area contributed by atoms with Crippen molar-refractivity contribution in [3.05, 3.63) is 47.6 Å². The fraction of sp³-hybridized carbons (Fsp3) is 0.677. The first kappa shape index (κ1) is 28.4. The SMILES string of the molecule is C=C(C)[C@@H]1CC=C2C(=CC[C@]3(C)[C@@H]([C@@H](CCC(=C)C(C)(C)O)C(=O)O)CC[C@@]23C)[C@@]1(C)CCC(=O)O. The topological polar surface area (TPSA) is 94.8 Å². The maximum absolute atomic E-state index is 12.5. The van der Waals surface area contributed by atoms with Crippen LogP contribution in [0.3, 0.4) is 0 Å². The molecule has 0 aromatic rings. The van der Waals surface area contributed by atoms with Crippen molar-refractivity contribution in [1.29, 1.82) is 0 Å². The highest BCUT2D eigenvalue weighted by Gasteiger charge is 2.62. The van der Waals surface area contributed by atoms with Crippen LogP contribution in [0.15, 0.2) is 47.6 Å². The summed E-state index contributed by atoms with van der Waals surface area (Å²) in [5.41, 5.74) is 2.60. The average molecular weight is 499 g/mol. The monoisotopic (exact) mass is 498 g/mol. The molecule has 3 rings (SSSR count). The highest BCUT2D eigenvalue weighted by atomic mass is 16.4. The van der Waals surface area contributed by atoms with E-state index >= 15 is 0 Å². The Kier molecular flexibility index (Phi) is 7.60. The lowest BCUT2D eigenvalue weighted by atomic mass is 9.48. The normalized spacial score (nSPS) is 34.6. The van der Waals surface area contributed by atoms with Gasteiger partial charge < -0.3 is 15.3 Å². The fourth-order valence-corrected chi connectivity index (χ4v) is 7.76. The highest BCUT2D eigenvalue weighted by molar-refractivity contribution is 5.71. The van der Waals surface area contributed by atoms with E-state index in [1.165, 1.54) is 11.1 Å². The van der Waals surface area contributed by atoms with E-state index in [0.717, 1.165) is 31.3 Å². The zero-order valence-electron chi connectivity index (χ0n) is 23.1. The van der Waals surface area contributed by atoms with E-state index in [9.17, 15) is 24.9 Å². The minimum Gasteiger partial charge on any atom is -0.481 e. The zero-order chi connectivity index (χ0) is 27.3. The summed E-state index contributed by atoms with van der Waals surface area (Å²) in [6.45, 7) is 20.5. The molecule has 6 atom stereocenters. The second-order valence-electron chi connectivity index (χ2n) is 12.9. The van der Waals surface area contributed by atoms with Gasteiger partial charge in [-0.15, -0.1) is 0 Å².